The average molecular weight is 636 g/mol. The van der Waals surface area contributed by atoms with Gasteiger partial charge >= 0.3 is 0 Å². The number of aromatic nitrogens is 2. The van der Waals surface area contributed by atoms with Gasteiger partial charge in [-0.3, -0.25) is 4.85 Å². The van der Waals surface area contributed by atoms with E-state index in [0.717, 1.165) is 49.7 Å². The first-order valence-corrected chi connectivity index (χ1v) is 16.2. The summed E-state index contributed by atoms with van der Waals surface area (Å²) in [6.07, 6.45) is 0. The fourth-order valence-electron chi connectivity index (χ4n) is 7.36. The molecule has 2 heterocycles. The summed E-state index contributed by atoms with van der Waals surface area (Å²) in [4.78, 5) is 7.65. The largest absolute Gasteiger partial charge is 0.320 e. The van der Waals surface area contributed by atoms with Crippen molar-refractivity contribution in [2.75, 3.05) is 0 Å². The van der Waals surface area contributed by atoms with Crippen LogP contribution in [0.5, 0.6) is 0 Å². The second-order valence-corrected chi connectivity index (χ2v) is 12.2. The van der Waals surface area contributed by atoms with Crippen LogP contribution in [0.3, 0.4) is 0 Å². The second-order valence-electron chi connectivity index (χ2n) is 12.2. The molecule has 0 aliphatic carbocycles. The summed E-state index contributed by atoms with van der Waals surface area (Å²) in [5.41, 5.74) is 11.0. The molecular weight excluding hydrogens is 611 g/mol. The lowest BCUT2D eigenvalue weighted by Crippen LogP contribution is -1.98. The van der Waals surface area contributed by atoms with Crippen LogP contribution >= 0.6 is 0 Å². The molecule has 0 aliphatic rings. The SMILES string of the molecule is [C-]#[N+]c1ccc(-c2ccc(-c3ccc(-n4c5ccccc5c5ccccc54)cc3)cc2)c(-n2c3ccccc3c3cc(C#N)ccc32)c1[N+]#[C-]. The number of rotatable bonds is 4. The monoisotopic (exact) mass is 635 g/mol. The summed E-state index contributed by atoms with van der Waals surface area (Å²) in [6.45, 7) is 16.1. The molecule has 0 N–H and O–H groups in total. The zero-order chi connectivity index (χ0) is 33.8. The highest BCUT2D eigenvalue weighted by Gasteiger charge is 2.22. The first-order valence-electron chi connectivity index (χ1n) is 16.2. The normalized spacial score (nSPS) is 11.1. The molecule has 7 aromatic carbocycles. The van der Waals surface area contributed by atoms with Crippen molar-refractivity contribution in [2.45, 2.75) is 0 Å². The maximum atomic E-state index is 9.64. The Balaban J connectivity index is 1.16. The Morgan fingerprint density at radius 2 is 1.00 bits per heavy atom. The Kier molecular flexibility index (Phi) is 6.56. The molecule has 0 spiro atoms. The van der Waals surface area contributed by atoms with Crippen molar-refractivity contribution in [2.24, 2.45) is 0 Å². The van der Waals surface area contributed by atoms with Crippen LogP contribution in [-0.2, 0) is 0 Å². The summed E-state index contributed by atoms with van der Waals surface area (Å²) in [6, 6.07) is 53.7. The molecule has 0 saturated heterocycles. The standard InChI is InChI=1S/C45H25N5/c1-47-39-25-24-34(45(44(39)48-2)50-42-14-8-5-11-37(42)38-27-29(28-46)15-26-43(38)50)32-18-16-30(17-19-32)31-20-22-33(23-21-31)49-40-12-6-3-9-35(40)36-10-4-7-13-41(36)49/h3-27H. The van der Waals surface area contributed by atoms with E-state index >= 15 is 0 Å². The van der Waals surface area contributed by atoms with Crippen molar-refractivity contribution >= 4 is 55.0 Å². The zero-order valence-electron chi connectivity index (χ0n) is 26.7. The summed E-state index contributed by atoms with van der Waals surface area (Å²) in [5, 5.41) is 14.0. The molecule has 0 saturated carbocycles. The van der Waals surface area contributed by atoms with Gasteiger partial charge in [0.25, 0.3) is 0 Å². The quantitative estimate of drug-likeness (QED) is 0.177. The zero-order valence-corrected chi connectivity index (χ0v) is 26.7. The molecule has 0 radical (unpaired) electrons. The number of para-hydroxylation sites is 3. The maximum absolute atomic E-state index is 9.64. The number of nitriles is 1. The first-order chi connectivity index (χ1) is 24.7. The summed E-state index contributed by atoms with van der Waals surface area (Å²) in [5.74, 6) is 0. The molecule has 9 aromatic rings. The molecule has 0 bridgehead atoms. The molecule has 9 rings (SSSR count). The van der Waals surface area contributed by atoms with Gasteiger partial charge in [-0.25, -0.2) is 4.85 Å². The molecule has 2 aromatic heterocycles. The molecule has 0 atom stereocenters. The van der Waals surface area contributed by atoms with Crippen LogP contribution < -0.4 is 0 Å². The third-order valence-electron chi connectivity index (χ3n) is 9.62. The van der Waals surface area contributed by atoms with Gasteiger partial charge in [-0.1, -0.05) is 103 Å². The van der Waals surface area contributed by atoms with Gasteiger partial charge < -0.3 is 9.13 Å². The van der Waals surface area contributed by atoms with E-state index in [0.29, 0.717) is 22.6 Å². The molecule has 5 heteroatoms. The van der Waals surface area contributed by atoms with E-state index in [1.54, 1.807) is 12.1 Å². The third-order valence-corrected chi connectivity index (χ3v) is 9.62. The van der Waals surface area contributed by atoms with Crippen LogP contribution in [0.2, 0.25) is 0 Å². The van der Waals surface area contributed by atoms with E-state index in [9.17, 15) is 5.26 Å². The lowest BCUT2D eigenvalue weighted by atomic mass is 9.97. The molecule has 50 heavy (non-hydrogen) atoms. The van der Waals surface area contributed by atoms with Gasteiger partial charge in [-0.05, 0) is 70.8 Å². The molecule has 5 nitrogen and oxygen atoms in total. The van der Waals surface area contributed by atoms with E-state index < -0.39 is 0 Å². The van der Waals surface area contributed by atoms with E-state index in [1.165, 1.54) is 21.8 Å². The Morgan fingerprint density at radius 3 is 1.58 bits per heavy atom. The minimum absolute atomic E-state index is 0.300. The van der Waals surface area contributed by atoms with Gasteiger partial charge in [-0.2, -0.15) is 5.26 Å². The highest BCUT2D eigenvalue weighted by molar-refractivity contribution is 6.12. The average Bonchev–Trinajstić information content (AvgIpc) is 3.70. The molecule has 0 fully saturated rings. The van der Waals surface area contributed by atoms with Gasteiger partial charge in [0.1, 0.15) is 0 Å². The topological polar surface area (TPSA) is 42.4 Å². The van der Waals surface area contributed by atoms with Crippen LogP contribution in [0.25, 0.3) is 86.9 Å². The lowest BCUT2D eigenvalue weighted by molar-refractivity contribution is 1.18. The highest BCUT2D eigenvalue weighted by atomic mass is 15.0. The van der Waals surface area contributed by atoms with Crippen LogP contribution in [0.15, 0.2) is 152 Å². The number of fused-ring (bicyclic) bond motifs is 6. The van der Waals surface area contributed by atoms with E-state index in [-0.39, 0.29) is 0 Å². The molecule has 0 aliphatic heterocycles. The summed E-state index contributed by atoms with van der Waals surface area (Å²) in [7, 11) is 0. The van der Waals surface area contributed by atoms with Crippen LogP contribution in [-0.4, -0.2) is 9.13 Å². The van der Waals surface area contributed by atoms with E-state index in [4.69, 9.17) is 13.1 Å². The number of benzene rings is 7. The van der Waals surface area contributed by atoms with Crippen molar-refractivity contribution in [3.05, 3.63) is 180 Å². The van der Waals surface area contributed by atoms with Crippen molar-refractivity contribution in [1.29, 1.82) is 5.26 Å². The van der Waals surface area contributed by atoms with Gasteiger partial charge in [-0.15, -0.1) is 0 Å². The Bertz CT molecular complexity index is 2890. The summed E-state index contributed by atoms with van der Waals surface area (Å²) >= 11 is 0. The first kappa shape index (κ1) is 28.8. The van der Waals surface area contributed by atoms with Crippen molar-refractivity contribution < 1.29 is 0 Å². The van der Waals surface area contributed by atoms with Gasteiger partial charge in [0.15, 0.2) is 5.69 Å². The maximum Gasteiger partial charge on any atom is 0.218 e. The second kappa shape index (κ2) is 11.4. The minimum Gasteiger partial charge on any atom is -0.320 e. The predicted molar refractivity (Wildman–Crippen MR) is 203 cm³/mol. The Morgan fingerprint density at radius 1 is 0.480 bits per heavy atom. The fourth-order valence-corrected chi connectivity index (χ4v) is 7.36. The van der Waals surface area contributed by atoms with Crippen molar-refractivity contribution in [1.82, 2.24) is 9.13 Å². The van der Waals surface area contributed by atoms with Gasteiger partial charge in [0.2, 0.25) is 5.69 Å². The lowest BCUT2D eigenvalue weighted by Gasteiger charge is -2.17. The smallest absolute Gasteiger partial charge is 0.218 e. The van der Waals surface area contributed by atoms with Crippen molar-refractivity contribution in [3.8, 4) is 39.7 Å². The molecule has 0 unspecified atom stereocenters. The van der Waals surface area contributed by atoms with Crippen LogP contribution in [0.4, 0.5) is 11.4 Å². The Hall–Kier alpha value is -7.39. The summed E-state index contributed by atoms with van der Waals surface area (Å²) < 4.78 is 4.39. The van der Waals surface area contributed by atoms with E-state index in [2.05, 4.69) is 122 Å². The molecule has 230 valence electrons. The van der Waals surface area contributed by atoms with Crippen LogP contribution in [0.1, 0.15) is 5.56 Å². The van der Waals surface area contributed by atoms with E-state index in [1.807, 2.05) is 42.5 Å². The Labute approximate surface area is 288 Å². The van der Waals surface area contributed by atoms with Crippen molar-refractivity contribution in [3.63, 3.8) is 0 Å². The minimum atomic E-state index is 0.300. The molecular formula is C45H25N5. The number of nitrogens with zero attached hydrogens (tertiary/aromatic N) is 5. The fraction of sp³-hybridized carbons (Fsp3) is 0. The number of hydrogen-bond donors (Lipinski definition) is 0. The predicted octanol–water partition coefficient (Wildman–Crippen LogP) is 12.2. The molecule has 0 amide bonds. The van der Waals surface area contributed by atoms with Crippen LogP contribution in [0, 0.1) is 24.5 Å². The third kappa shape index (κ3) is 4.31. The number of hydrogen-bond acceptors (Lipinski definition) is 1. The van der Waals surface area contributed by atoms with Gasteiger partial charge in [0, 0.05) is 32.9 Å². The van der Waals surface area contributed by atoms with Gasteiger partial charge in [0.05, 0.1) is 46.8 Å². The highest BCUT2D eigenvalue weighted by Crippen LogP contribution is 2.45.